The Morgan fingerprint density at radius 3 is 2.37 bits per heavy atom. The van der Waals surface area contributed by atoms with Gasteiger partial charge in [0.15, 0.2) is 0 Å². The van der Waals surface area contributed by atoms with Crippen molar-refractivity contribution in [3.05, 3.63) is 64.0 Å². The monoisotopic (exact) mass is 257 g/mol. The molecule has 0 aliphatic carbocycles. The maximum Gasteiger partial charge on any atom is 0.287 e. The van der Waals surface area contributed by atoms with Crippen molar-refractivity contribution in [3.8, 4) is 6.07 Å². The Labute approximate surface area is 108 Å². The molecule has 2 aromatic carbocycles. The largest absolute Gasteiger partial charge is 0.355 e. The van der Waals surface area contributed by atoms with Gasteiger partial charge >= 0.3 is 0 Å². The quantitative estimate of drug-likeness (QED) is 0.675. The molecule has 0 spiro atoms. The van der Waals surface area contributed by atoms with Gasteiger partial charge in [0, 0.05) is 17.4 Å². The van der Waals surface area contributed by atoms with Crippen LogP contribution in [0.1, 0.15) is 5.56 Å². The van der Waals surface area contributed by atoms with E-state index in [1.54, 1.807) is 6.07 Å². The van der Waals surface area contributed by atoms with Crippen LogP contribution in [-0.4, -0.2) is 4.92 Å². The topological polar surface area (TPSA) is 79.0 Å². The summed E-state index contributed by atoms with van der Waals surface area (Å²) in [6.45, 7) is 0. The van der Waals surface area contributed by atoms with Crippen LogP contribution in [-0.2, 0) is 0 Å². The highest BCUT2D eigenvalue weighted by atomic mass is 19.1. The first-order chi connectivity index (χ1) is 9.10. The molecule has 1 N–H and O–H groups in total. The van der Waals surface area contributed by atoms with E-state index in [0.29, 0.717) is 11.4 Å². The molecule has 5 nitrogen and oxygen atoms in total. The van der Waals surface area contributed by atoms with E-state index in [0.717, 1.165) is 0 Å². The molecule has 0 bridgehead atoms. The van der Waals surface area contributed by atoms with Gasteiger partial charge in [-0.25, -0.2) is 4.39 Å². The van der Waals surface area contributed by atoms with Crippen LogP contribution in [0.2, 0.25) is 0 Å². The fourth-order valence-corrected chi connectivity index (χ4v) is 1.56. The van der Waals surface area contributed by atoms with Crippen molar-refractivity contribution in [1.82, 2.24) is 0 Å². The zero-order chi connectivity index (χ0) is 13.8. The SMILES string of the molecule is N#Cc1cc(Nc2ccc(F)cc2)ccc1[N+](=O)[O-]. The van der Waals surface area contributed by atoms with Gasteiger partial charge in [0.2, 0.25) is 0 Å². The molecule has 0 aliphatic rings. The summed E-state index contributed by atoms with van der Waals surface area (Å²) in [4.78, 5) is 10.1. The maximum absolute atomic E-state index is 12.7. The van der Waals surface area contributed by atoms with E-state index in [2.05, 4.69) is 5.32 Å². The molecule has 0 atom stereocenters. The van der Waals surface area contributed by atoms with Crippen molar-refractivity contribution in [3.63, 3.8) is 0 Å². The van der Waals surface area contributed by atoms with Crippen molar-refractivity contribution in [2.75, 3.05) is 5.32 Å². The van der Waals surface area contributed by atoms with E-state index in [1.165, 1.54) is 42.5 Å². The average Bonchev–Trinajstić information content (AvgIpc) is 2.41. The second kappa shape index (κ2) is 5.14. The van der Waals surface area contributed by atoms with Crippen molar-refractivity contribution >= 4 is 17.1 Å². The Hall–Kier alpha value is -2.94. The molecule has 0 fully saturated rings. The van der Waals surface area contributed by atoms with Crippen LogP contribution in [0.4, 0.5) is 21.5 Å². The number of rotatable bonds is 3. The molecule has 0 unspecified atom stereocenters. The number of anilines is 2. The lowest BCUT2D eigenvalue weighted by Crippen LogP contribution is -1.95. The number of nitrogens with one attached hydrogen (secondary N) is 1. The maximum atomic E-state index is 12.7. The first-order valence-corrected chi connectivity index (χ1v) is 5.31. The number of nitro groups is 1. The van der Waals surface area contributed by atoms with Crippen molar-refractivity contribution in [2.24, 2.45) is 0 Å². The summed E-state index contributed by atoms with van der Waals surface area (Å²) in [5, 5.41) is 22.5. The molecular formula is C13H8FN3O2. The smallest absolute Gasteiger partial charge is 0.287 e. The molecule has 94 valence electrons. The Kier molecular flexibility index (Phi) is 3.39. The standard InChI is InChI=1S/C13H8FN3O2/c14-10-1-3-11(4-2-10)16-12-5-6-13(17(18)19)9(7-12)8-15/h1-7,16H. The molecule has 0 saturated carbocycles. The molecular weight excluding hydrogens is 249 g/mol. The van der Waals surface area contributed by atoms with Crippen LogP contribution in [0.25, 0.3) is 0 Å². The highest BCUT2D eigenvalue weighted by Crippen LogP contribution is 2.24. The van der Waals surface area contributed by atoms with Crippen LogP contribution in [0, 0.1) is 27.3 Å². The Morgan fingerprint density at radius 1 is 1.16 bits per heavy atom. The molecule has 0 radical (unpaired) electrons. The molecule has 19 heavy (non-hydrogen) atoms. The van der Waals surface area contributed by atoms with Gasteiger partial charge < -0.3 is 5.32 Å². The first-order valence-electron chi connectivity index (χ1n) is 5.31. The summed E-state index contributed by atoms with van der Waals surface area (Å²) in [6, 6.07) is 11.5. The van der Waals surface area contributed by atoms with Gasteiger partial charge in [-0.15, -0.1) is 0 Å². The van der Waals surface area contributed by atoms with Crippen molar-refractivity contribution < 1.29 is 9.31 Å². The summed E-state index contributed by atoms with van der Waals surface area (Å²) < 4.78 is 12.7. The van der Waals surface area contributed by atoms with Gasteiger partial charge in [0.05, 0.1) is 4.92 Å². The molecule has 0 amide bonds. The number of nitriles is 1. The van der Waals surface area contributed by atoms with Gasteiger partial charge in [-0.3, -0.25) is 10.1 Å². The molecule has 6 heteroatoms. The predicted molar refractivity (Wildman–Crippen MR) is 67.5 cm³/mol. The van der Waals surface area contributed by atoms with Gasteiger partial charge in [-0.1, -0.05) is 0 Å². The second-order valence-corrected chi connectivity index (χ2v) is 3.73. The van der Waals surface area contributed by atoms with Crippen LogP contribution in [0.5, 0.6) is 0 Å². The summed E-state index contributed by atoms with van der Waals surface area (Å²) in [5.41, 5.74) is 0.872. The average molecular weight is 257 g/mol. The van der Waals surface area contributed by atoms with Crippen LogP contribution >= 0.6 is 0 Å². The van der Waals surface area contributed by atoms with E-state index < -0.39 is 4.92 Å². The summed E-state index contributed by atoms with van der Waals surface area (Å²) in [6.07, 6.45) is 0. The molecule has 0 heterocycles. The Balaban J connectivity index is 2.29. The lowest BCUT2D eigenvalue weighted by atomic mass is 10.1. The molecule has 0 aliphatic heterocycles. The van der Waals surface area contributed by atoms with Gasteiger partial charge in [-0.05, 0) is 36.4 Å². The normalized spacial score (nSPS) is 9.68. The number of nitro benzene ring substituents is 1. The summed E-state index contributed by atoms with van der Waals surface area (Å²) >= 11 is 0. The van der Waals surface area contributed by atoms with E-state index in [9.17, 15) is 14.5 Å². The minimum atomic E-state index is -0.611. The van der Waals surface area contributed by atoms with E-state index in [-0.39, 0.29) is 17.1 Å². The second-order valence-electron chi connectivity index (χ2n) is 3.73. The van der Waals surface area contributed by atoms with E-state index >= 15 is 0 Å². The number of benzene rings is 2. The lowest BCUT2D eigenvalue weighted by Gasteiger charge is -2.06. The predicted octanol–water partition coefficient (Wildman–Crippen LogP) is 3.35. The number of hydrogen-bond acceptors (Lipinski definition) is 4. The van der Waals surface area contributed by atoms with Gasteiger partial charge in [-0.2, -0.15) is 5.26 Å². The highest BCUT2D eigenvalue weighted by molar-refractivity contribution is 5.65. The number of halogens is 1. The third-order valence-corrected chi connectivity index (χ3v) is 2.45. The fraction of sp³-hybridized carbons (Fsp3) is 0. The van der Waals surface area contributed by atoms with Crippen LogP contribution in [0.3, 0.4) is 0 Å². The Bertz CT molecular complexity index is 663. The number of hydrogen-bond donors (Lipinski definition) is 1. The summed E-state index contributed by atoms with van der Waals surface area (Å²) in [5.74, 6) is -0.355. The van der Waals surface area contributed by atoms with Crippen molar-refractivity contribution in [1.29, 1.82) is 5.26 Å². The molecule has 2 rings (SSSR count). The molecule has 0 saturated heterocycles. The van der Waals surface area contributed by atoms with Gasteiger partial charge in [0.1, 0.15) is 17.4 Å². The third-order valence-electron chi connectivity index (χ3n) is 2.45. The summed E-state index contributed by atoms with van der Waals surface area (Å²) in [7, 11) is 0. The van der Waals surface area contributed by atoms with Gasteiger partial charge in [0.25, 0.3) is 5.69 Å². The third kappa shape index (κ3) is 2.84. The zero-order valence-corrected chi connectivity index (χ0v) is 9.63. The molecule has 2 aromatic rings. The highest BCUT2D eigenvalue weighted by Gasteiger charge is 2.13. The first kappa shape index (κ1) is 12.5. The fourth-order valence-electron chi connectivity index (χ4n) is 1.56. The van der Waals surface area contributed by atoms with Crippen molar-refractivity contribution in [2.45, 2.75) is 0 Å². The minimum Gasteiger partial charge on any atom is -0.355 e. The van der Waals surface area contributed by atoms with E-state index in [1.807, 2.05) is 0 Å². The van der Waals surface area contributed by atoms with Crippen LogP contribution in [0.15, 0.2) is 42.5 Å². The van der Waals surface area contributed by atoms with Crippen LogP contribution < -0.4 is 5.32 Å². The van der Waals surface area contributed by atoms with E-state index in [4.69, 9.17) is 5.26 Å². The zero-order valence-electron chi connectivity index (χ0n) is 9.63. The Morgan fingerprint density at radius 2 is 1.79 bits per heavy atom. The molecule has 0 aromatic heterocycles. The minimum absolute atomic E-state index is 0.0305. The number of nitrogens with zero attached hydrogens (tertiary/aromatic N) is 2. The lowest BCUT2D eigenvalue weighted by molar-refractivity contribution is -0.385.